The topological polar surface area (TPSA) is 149 Å². The first-order valence-electron chi connectivity index (χ1n) is 34.9. The average molecular weight is 1180 g/mol. The zero-order valence-corrected chi connectivity index (χ0v) is 54.3. The standard InChI is InChI=1S/C76H129NO8/c1-3-5-7-9-11-13-15-17-19-21-23-25-27-29-30-31-32-33-34-35-36-37-38-39-40-42-44-46-48-50-52-54-56-58-60-62-64-66-72(80)77-69(68-84-76-75(83)74(82)73(81)71(67-78)85-76)70(79)65-63-61-59-57-55-53-51-49-47-45-43-41-28-26-24-22-20-18-16-14-12-10-8-6-4-2/h5,7,11,13,17,19,23,25,29-30,32-33,35-36,38-39,42,44,48,50,54,56,69-71,73-76,78-79,81-83H,3-4,6,8-10,12,14-16,18,20-22,24,26-28,31,34,37,40-41,43,45-47,49,51-53,55,57-68H2,1-2H3,(H,77,80)/b7-5-,13-11-,19-17-,25-23-,30-29-,33-32-,36-35-,39-38-,44-42-,50-48-,56-54-. The fraction of sp³-hybridized carbons (Fsp3) is 0.697. The largest absolute Gasteiger partial charge is 0.394 e. The molecule has 1 aliphatic rings. The Balaban J connectivity index is 2.19. The van der Waals surface area contributed by atoms with Crippen LogP contribution in [0.15, 0.2) is 134 Å². The molecule has 1 fully saturated rings. The summed E-state index contributed by atoms with van der Waals surface area (Å²) in [5, 5.41) is 54.9. The van der Waals surface area contributed by atoms with Gasteiger partial charge >= 0.3 is 0 Å². The van der Waals surface area contributed by atoms with Crippen LogP contribution in [0.3, 0.4) is 0 Å². The van der Waals surface area contributed by atoms with Crippen molar-refractivity contribution in [2.75, 3.05) is 13.2 Å². The second-order valence-electron chi connectivity index (χ2n) is 23.6. The molecular weight excluding hydrogens is 1050 g/mol. The minimum atomic E-state index is -1.57. The SMILES string of the molecule is CC/C=C\C/C=C\C/C=C\C/C=C\C/C=C\C/C=C\C/C=C\C/C=C\C/C=C\C/C=C\C/C=C\CCCCCC(=O)NC(COC1OC(CO)C(O)C(O)C1O)C(O)CCCCCCCCCCCCCCCCCCCCCCCCCCC. The van der Waals surface area contributed by atoms with Gasteiger partial charge in [-0.05, 0) is 96.3 Å². The highest BCUT2D eigenvalue weighted by Crippen LogP contribution is 2.23. The summed E-state index contributed by atoms with van der Waals surface area (Å²) in [5.74, 6) is -0.178. The summed E-state index contributed by atoms with van der Waals surface area (Å²) in [4.78, 5) is 13.1. The molecule has 0 radical (unpaired) electrons. The number of aliphatic hydroxyl groups excluding tert-OH is 5. The highest BCUT2D eigenvalue weighted by Gasteiger charge is 2.44. The number of aliphatic hydroxyl groups is 5. The monoisotopic (exact) mass is 1180 g/mol. The van der Waals surface area contributed by atoms with Crippen LogP contribution in [-0.2, 0) is 14.3 Å². The highest BCUT2D eigenvalue weighted by atomic mass is 16.7. The smallest absolute Gasteiger partial charge is 0.220 e. The number of hydrogen-bond acceptors (Lipinski definition) is 8. The van der Waals surface area contributed by atoms with Crippen LogP contribution in [0.5, 0.6) is 0 Å². The highest BCUT2D eigenvalue weighted by molar-refractivity contribution is 5.76. The van der Waals surface area contributed by atoms with Gasteiger partial charge in [0.25, 0.3) is 0 Å². The fourth-order valence-electron chi connectivity index (χ4n) is 10.3. The minimum Gasteiger partial charge on any atom is -0.394 e. The Morgan fingerprint density at radius 1 is 0.412 bits per heavy atom. The Labute approximate surface area is 521 Å². The Bertz CT molecular complexity index is 1800. The van der Waals surface area contributed by atoms with Gasteiger partial charge in [0, 0.05) is 6.42 Å². The van der Waals surface area contributed by atoms with E-state index in [0.29, 0.717) is 12.8 Å². The van der Waals surface area contributed by atoms with E-state index >= 15 is 0 Å². The van der Waals surface area contributed by atoms with Crippen LogP contribution in [0.4, 0.5) is 0 Å². The zero-order chi connectivity index (χ0) is 61.4. The molecular formula is C76H129NO8. The molecule has 9 nitrogen and oxygen atoms in total. The summed E-state index contributed by atoms with van der Waals surface area (Å²) in [6, 6.07) is -0.749. The van der Waals surface area contributed by atoms with Crippen molar-refractivity contribution < 1.29 is 39.8 Å². The number of nitrogens with one attached hydrogen (secondary N) is 1. The molecule has 0 saturated carbocycles. The van der Waals surface area contributed by atoms with Crippen molar-refractivity contribution in [2.45, 2.75) is 326 Å². The van der Waals surface area contributed by atoms with E-state index in [0.717, 1.165) is 116 Å². The van der Waals surface area contributed by atoms with Gasteiger partial charge in [0.15, 0.2) is 6.29 Å². The molecule has 486 valence electrons. The third-order valence-electron chi connectivity index (χ3n) is 15.8. The van der Waals surface area contributed by atoms with Crippen LogP contribution in [0.2, 0.25) is 0 Å². The molecule has 0 bridgehead atoms. The molecule has 1 amide bonds. The number of unbranched alkanes of at least 4 members (excludes halogenated alkanes) is 27. The molecule has 0 aromatic rings. The molecule has 7 atom stereocenters. The first kappa shape index (κ1) is 79.3. The minimum absolute atomic E-state index is 0.159. The molecule has 0 spiro atoms. The lowest BCUT2D eigenvalue weighted by molar-refractivity contribution is -0.302. The Kier molecular flexibility index (Phi) is 59.1. The number of hydrogen-bond donors (Lipinski definition) is 6. The lowest BCUT2D eigenvalue weighted by Crippen LogP contribution is -2.60. The van der Waals surface area contributed by atoms with Gasteiger partial charge in [0.2, 0.25) is 5.91 Å². The summed E-state index contributed by atoms with van der Waals surface area (Å²) >= 11 is 0. The molecule has 85 heavy (non-hydrogen) atoms. The van der Waals surface area contributed by atoms with Gasteiger partial charge in [-0.3, -0.25) is 4.79 Å². The van der Waals surface area contributed by atoms with E-state index in [9.17, 15) is 30.3 Å². The van der Waals surface area contributed by atoms with Crippen LogP contribution in [0.1, 0.15) is 284 Å². The van der Waals surface area contributed by atoms with Gasteiger partial charge in [-0.15, -0.1) is 0 Å². The van der Waals surface area contributed by atoms with E-state index in [-0.39, 0.29) is 12.5 Å². The number of rotatable bonds is 59. The maximum absolute atomic E-state index is 13.1. The van der Waals surface area contributed by atoms with Gasteiger partial charge in [0.1, 0.15) is 24.4 Å². The van der Waals surface area contributed by atoms with Gasteiger partial charge < -0.3 is 40.3 Å². The summed E-state index contributed by atoms with van der Waals surface area (Å²) < 4.78 is 11.3. The van der Waals surface area contributed by atoms with E-state index in [1.807, 2.05) is 0 Å². The van der Waals surface area contributed by atoms with Crippen LogP contribution < -0.4 is 5.32 Å². The Morgan fingerprint density at radius 3 is 1.07 bits per heavy atom. The van der Waals surface area contributed by atoms with Gasteiger partial charge in [0.05, 0.1) is 25.4 Å². The van der Waals surface area contributed by atoms with Crippen LogP contribution in [0, 0.1) is 0 Å². The third-order valence-corrected chi connectivity index (χ3v) is 15.8. The Hall–Kier alpha value is -3.67. The van der Waals surface area contributed by atoms with Gasteiger partial charge in [-0.1, -0.05) is 314 Å². The summed E-state index contributed by atoms with van der Waals surface area (Å²) in [6.45, 7) is 3.72. The van der Waals surface area contributed by atoms with E-state index in [2.05, 4.69) is 153 Å². The van der Waals surface area contributed by atoms with Crippen molar-refractivity contribution >= 4 is 5.91 Å². The summed E-state index contributed by atoms with van der Waals surface area (Å²) in [5.41, 5.74) is 0. The van der Waals surface area contributed by atoms with Crippen molar-refractivity contribution in [1.82, 2.24) is 5.32 Å². The van der Waals surface area contributed by atoms with Gasteiger partial charge in [-0.25, -0.2) is 0 Å². The molecule has 7 unspecified atom stereocenters. The van der Waals surface area contributed by atoms with E-state index < -0.39 is 49.5 Å². The lowest BCUT2D eigenvalue weighted by atomic mass is 9.99. The first-order chi connectivity index (χ1) is 41.8. The zero-order valence-electron chi connectivity index (χ0n) is 54.3. The molecule has 1 heterocycles. The van der Waals surface area contributed by atoms with E-state index in [4.69, 9.17) is 9.47 Å². The third kappa shape index (κ3) is 52.0. The quantitative estimate of drug-likeness (QED) is 0.0261. The van der Waals surface area contributed by atoms with Crippen molar-refractivity contribution in [2.24, 2.45) is 0 Å². The molecule has 1 saturated heterocycles. The molecule has 1 aliphatic heterocycles. The van der Waals surface area contributed by atoms with Crippen LogP contribution >= 0.6 is 0 Å². The molecule has 0 aromatic heterocycles. The van der Waals surface area contributed by atoms with Crippen molar-refractivity contribution in [3.63, 3.8) is 0 Å². The lowest BCUT2D eigenvalue weighted by Gasteiger charge is -2.40. The van der Waals surface area contributed by atoms with Crippen molar-refractivity contribution in [1.29, 1.82) is 0 Å². The van der Waals surface area contributed by atoms with Crippen LogP contribution in [0.25, 0.3) is 0 Å². The van der Waals surface area contributed by atoms with Gasteiger partial charge in [-0.2, -0.15) is 0 Å². The number of allylic oxidation sites excluding steroid dienone is 22. The predicted molar refractivity (Wildman–Crippen MR) is 363 cm³/mol. The fourth-order valence-corrected chi connectivity index (χ4v) is 10.3. The van der Waals surface area contributed by atoms with Crippen molar-refractivity contribution in [3.8, 4) is 0 Å². The number of carbonyl (C=O) groups excluding carboxylic acids is 1. The maximum Gasteiger partial charge on any atom is 0.220 e. The average Bonchev–Trinajstić information content (AvgIpc) is 3.57. The van der Waals surface area contributed by atoms with E-state index in [1.54, 1.807) is 0 Å². The second kappa shape index (κ2) is 63.4. The number of amides is 1. The molecule has 1 rings (SSSR count). The molecule has 0 aromatic carbocycles. The van der Waals surface area contributed by atoms with Crippen molar-refractivity contribution in [3.05, 3.63) is 134 Å². The first-order valence-corrected chi connectivity index (χ1v) is 34.9. The van der Waals surface area contributed by atoms with E-state index in [1.165, 1.54) is 141 Å². The normalized spacial score (nSPS) is 19.0. The van der Waals surface area contributed by atoms with Crippen LogP contribution in [-0.4, -0.2) is 87.5 Å². The Morgan fingerprint density at radius 2 is 0.729 bits per heavy atom. The summed E-state index contributed by atoms with van der Waals surface area (Å²) in [6.07, 6.45) is 89.3. The predicted octanol–water partition coefficient (Wildman–Crippen LogP) is 19.2. The maximum atomic E-state index is 13.1. The second-order valence-corrected chi connectivity index (χ2v) is 23.6. The molecule has 6 N–H and O–H groups in total. The molecule has 0 aliphatic carbocycles. The summed E-state index contributed by atoms with van der Waals surface area (Å²) in [7, 11) is 0. The number of ether oxygens (including phenoxy) is 2. The number of carbonyl (C=O) groups is 1. The molecule has 9 heteroatoms.